The second-order valence-electron chi connectivity index (χ2n) is 5.12. The number of halogens is 4. The minimum Gasteiger partial charge on any atom is -0.268 e. The zero-order valence-electron chi connectivity index (χ0n) is 12.4. The second kappa shape index (κ2) is 7.08. The second-order valence-corrected chi connectivity index (χ2v) is 8.04. The van der Waals surface area contributed by atoms with Gasteiger partial charge in [0.25, 0.3) is 5.91 Å². The number of thiocarbonyl (C=S) groups is 1. The SMILES string of the molecule is O=C1C(=Cc2ccc(I)cc2)SC(=S)N1c1cccc(C(F)(F)F)c1. The van der Waals surface area contributed by atoms with Gasteiger partial charge in [-0.1, -0.05) is 42.2 Å². The highest BCUT2D eigenvalue weighted by molar-refractivity contribution is 14.1. The van der Waals surface area contributed by atoms with Gasteiger partial charge in [-0.2, -0.15) is 13.2 Å². The van der Waals surface area contributed by atoms with Gasteiger partial charge in [-0.15, -0.1) is 0 Å². The van der Waals surface area contributed by atoms with Crippen LogP contribution >= 0.6 is 46.6 Å². The first-order chi connectivity index (χ1) is 11.8. The van der Waals surface area contributed by atoms with Crippen LogP contribution in [0.2, 0.25) is 0 Å². The summed E-state index contributed by atoms with van der Waals surface area (Å²) in [4.78, 5) is 14.1. The van der Waals surface area contributed by atoms with Crippen LogP contribution in [0.4, 0.5) is 18.9 Å². The number of anilines is 1. The van der Waals surface area contributed by atoms with Crippen LogP contribution in [0.15, 0.2) is 53.4 Å². The van der Waals surface area contributed by atoms with Gasteiger partial charge < -0.3 is 0 Å². The van der Waals surface area contributed by atoms with Crippen LogP contribution in [0.5, 0.6) is 0 Å². The van der Waals surface area contributed by atoms with E-state index in [1.807, 2.05) is 24.3 Å². The number of amides is 1. The smallest absolute Gasteiger partial charge is 0.268 e. The fourth-order valence-corrected chi connectivity index (χ4v) is 3.88. The van der Waals surface area contributed by atoms with Crippen LogP contribution in [-0.2, 0) is 11.0 Å². The molecule has 2 aromatic rings. The van der Waals surface area contributed by atoms with Crippen molar-refractivity contribution in [2.75, 3.05) is 4.90 Å². The Morgan fingerprint density at radius 2 is 1.80 bits per heavy atom. The molecular formula is C17H9F3INOS2. The number of alkyl halides is 3. The minimum atomic E-state index is -4.48. The third kappa shape index (κ3) is 4.06. The molecule has 3 rings (SSSR count). The first kappa shape index (κ1) is 18.4. The van der Waals surface area contributed by atoms with Crippen LogP contribution in [0.3, 0.4) is 0 Å². The van der Waals surface area contributed by atoms with Crippen molar-refractivity contribution in [3.8, 4) is 0 Å². The highest BCUT2D eigenvalue weighted by Crippen LogP contribution is 2.38. The van der Waals surface area contributed by atoms with Crippen molar-refractivity contribution in [2.45, 2.75) is 6.18 Å². The lowest BCUT2D eigenvalue weighted by molar-refractivity contribution is -0.137. The Morgan fingerprint density at radius 3 is 2.44 bits per heavy atom. The summed E-state index contributed by atoms with van der Waals surface area (Å²) in [5, 5.41) is 0. The number of hydrogen-bond acceptors (Lipinski definition) is 3. The average Bonchev–Trinajstić information content (AvgIpc) is 2.83. The molecule has 25 heavy (non-hydrogen) atoms. The number of thioether (sulfide) groups is 1. The number of carbonyl (C=O) groups excluding carboxylic acids is 1. The van der Waals surface area contributed by atoms with Crippen LogP contribution in [0.25, 0.3) is 6.08 Å². The summed E-state index contributed by atoms with van der Waals surface area (Å²) in [6, 6.07) is 12.1. The Hall–Kier alpha value is -1.39. The molecule has 2 aromatic carbocycles. The van der Waals surface area contributed by atoms with Crippen LogP contribution < -0.4 is 4.90 Å². The van der Waals surface area contributed by atoms with Gasteiger partial charge >= 0.3 is 6.18 Å². The van der Waals surface area contributed by atoms with Crippen molar-refractivity contribution in [3.63, 3.8) is 0 Å². The van der Waals surface area contributed by atoms with Crippen molar-refractivity contribution in [1.29, 1.82) is 0 Å². The van der Waals surface area contributed by atoms with Crippen LogP contribution in [0, 0.1) is 3.57 Å². The molecule has 2 nitrogen and oxygen atoms in total. The molecule has 0 saturated carbocycles. The lowest BCUT2D eigenvalue weighted by Gasteiger charge is -2.16. The molecule has 1 fully saturated rings. The maximum atomic E-state index is 12.9. The van der Waals surface area contributed by atoms with Gasteiger partial charge in [-0.3, -0.25) is 9.69 Å². The van der Waals surface area contributed by atoms with E-state index in [9.17, 15) is 18.0 Å². The number of benzene rings is 2. The summed E-state index contributed by atoms with van der Waals surface area (Å²) in [6.07, 6.45) is -2.80. The molecule has 1 amide bonds. The maximum absolute atomic E-state index is 12.9. The molecule has 8 heteroatoms. The Morgan fingerprint density at radius 1 is 1.12 bits per heavy atom. The van der Waals surface area contributed by atoms with E-state index in [2.05, 4.69) is 22.6 Å². The monoisotopic (exact) mass is 491 g/mol. The van der Waals surface area contributed by atoms with Gasteiger partial charge in [-0.25, -0.2) is 0 Å². The molecule has 1 saturated heterocycles. The molecule has 0 spiro atoms. The Kier molecular flexibility index (Phi) is 5.21. The minimum absolute atomic E-state index is 0.114. The molecule has 1 aliphatic heterocycles. The van der Waals surface area contributed by atoms with Crippen molar-refractivity contribution >= 4 is 68.6 Å². The molecule has 0 unspecified atom stereocenters. The first-order valence-electron chi connectivity index (χ1n) is 6.96. The summed E-state index contributed by atoms with van der Waals surface area (Å²) in [5.41, 5.74) is 0.119. The number of rotatable bonds is 2. The molecule has 128 valence electrons. The molecular weight excluding hydrogens is 482 g/mol. The largest absolute Gasteiger partial charge is 0.416 e. The first-order valence-corrected chi connectivity index (χ1v) is 9.27. The summed E-state index contributed by atoms with van der Waals surface area (Å²) >= 11 is 8.44. The van der Waals surface area contributed by atoms with Crippen molar-refractivity contribution in [1.82, 2.24) is 0 Å². The molecule has 1 aliphatic rings. The topological polar surface area (TPSA) is 20.3 Å². The third-order valence-electron chi connectivity index (χ3n) is 3.39. The summed E-state index contributed by atoms with van der Waals surface area (Å²) in [7, 11) is 0. The fraction of sp³-hybridized carbons (Fsp3) is 0.0588. The third-order valence-corrected chi connectivity index (χ3v) is 5.41. The highest BCUT2D eigenvalue weighted by Gasteiger charge is 2.36. The van der Waals surface area contributed by atoms with Gasteiger partial charge in [0.1, 0.15) is 0 Å². The van der Waals surface area contributed by atoms with Gasteiger partial charge in [0.2, 0.25) is 0 Å². The fourth-order valence-electron chi connectivity index (χ4n) is 2.22. The van der Waals surface area contributed by atoms with Crippen molar-refractivity contribution < 1.29 is 18.0 Å². The number of nitrogens with zero attached hydrogens (tertiary/aromatic N) is 1. The van der Waals surface area contributed by atoms with E-state index in [0.29, 0.717) is 4.91 Å². The van der Waals surface area contributed by atoms with E-state index in [0.717, 1.165) is 37.9 Å². The quantitative estimate of drug-likeness (QED) is 0.305. The molecule has 0 atom stereocenters. The molecule has 0 N–H and O–H groups in total. The van der Waals surface area contributed by atoms with Gasteiger partial charge in [0.05, 0.1) is 16.2 Å². The molecule has 1 heterocycles. The molecule has 0 aliphatic carbocycles. The van der Waals surface area contributed by atoms with E-state index in [1.165, 1.54) is 12.1 Å². The zero-order chi connectivity index (χ0) is 18.2. The highest BCUT2D eigenvalue weighted by atomic mass is 127. The number of carbonyl (C=O) groups is 1. The summed E-state index contributed by atoms with van der Waals surface area (Å²) < 4.78 is 39.9. The lowest BCUT2D eigenvalue weighted by atomic mass is 10.1. The lowest BCUT2D eigenvalue weighted by Crippen LogP contribution is -2.27. The standard InChI is InChI=1S/C17H9F3INOS2/c18-17(19,20)11-2-1-3-13(9-11)22-15(23)14(25-16(22)24)8-10-4-6-12(21)7-5-10/h1-9H. The van der Waals surface area contributed by atoms with E-state index in [4.69, 9.17) is 12.2 Å². The van der Waals surface area contributed by atoms with E-state index >= 15 is 0 Å². The summed E-state index contributed by atoms with van der Waals surface area (Å²) in [6.45, 7) is 0. The zero-order valence-corrected chi connectivity index (χ0v) is 16.2. The van der Waals surface area contributed by atoms with Gasteiger partial charge in [0, 0.05) is 3.57 Å². The Labute approximate surface area is 165 Å². The van der Waals surface area contributed by atoms with E-state index in [-0.39, 0.29) is 10.0 Å². The predicted octanol–water partition coefficient (Wildman–Crippen LogP) is 5.72. The average molecular weight is 491 g/mol. The van der Waals surface area contributed by atoms with Crippen molar-refractivity contribution in [3.05, 3.63) is 68.1 Å². The van der Waals surface area contributed by atoms with Crippen LogP contribution in [0.1, 0.15) is 11.1 Å². The van der Waals surface area contributed by atoms with Gasteiger partial charge in [-0.05, 0) is 64.6 Å². The maximum Gasteiger partial charge on any atom is 0.416 e. The molecule has 0 aromatic heterocycles. The van der Waals surface area contributed by atoms with E-state index < -0.39 is 17.6 Å². The number of hydrogen-bond donors (Lipinski definition) is 0. The molecule has 0 radical (unpaired) electrons. The Balaban J connectivity index is 1.93. The molecule has 0 bridgehead atoms. The van der Waals surface area contributed by atoms with Crippen molar-refractivity contribution in [2.24, 2.45) is 0 Å². The summed E-state index contributed by atoms with van der Waals surface area (Å²) in [5.74, 6) is -0.423. The predicted molar refractivity (Wildman–Crippen MR) is 106 cm³/mol. The normalized spacial score (nSPS) is 16.8. The van der Waals surface area contributed by atoms with E-state index in [1.54, 1.807) is 6.08 Å². The van der Waals surface area contributed by atoms with Crippen LogP contribution in [-0.4, -0.2) is 10.2 Å². The van der Waals surface area contributed by atoms with Gasteiger partial charge in [0.15, 0.2) is 4.32 Å². The Bertz CT molecular complexity index is 878.